The first-order valence-electron chi connectivity index (χ1n) is 7.37. The highest BCUT2D eigenvalue weighted by Crippen LogP contribution is 2.24. The maximum Gasteiger partial charge on any atom is 0.260 e. The maximum atomic E-state index is 12.0. The minimum atomic E-state index is -0.509. The first kappa shape index (κ1) is 18.0. The fourth-order valence-electron chi connectivity index (χ4n) is 1.75. The third kappa shape index (κ3) is 6.48. The van der Waals surface area contributed by atoms with Crippen LogP contribution in [0.15, 0.2) is 22.7 Å². The molecule has 1 aromatic carbocycles. The van der Waals surface area contributed by atoms with Gasteiger partial charge in [-0.05, 0) is 37.6 Å². The first-order chi connectivity index (χ1) is 9.93. The molecule has 1 unspecified atom stereocenters. The van der Waals surface area contributed by atoms with E-state index in [9.17, 15) is 4.79 Å². The lowest BCUT2D eigenvalue weighted by Gasteiger charge is -2.18. The zero-order chi connectivity index (χ0) is 15.8. The van der Waals surface area contributed by atoms with Crippen LogP contribution in [0.25, 0.3) is 0 Å². The molecule has 0 heterocycles. The Bertz CT molecular complexity index is 464. The van der Waals surface area contributed by atoms with Crippen molar-refractivity contribution < 1.29 is 9.53 Å². The predicted octanol–water partition coefficient (Wildman–Crippen LogP) is 3.10. The van der Waals surface area contributed by atoms with E-state index in [1.165, 1.54) is 0 Å². The predicted molar refractivity (Wildman–Crippen MR) is 89.5 cm³/mol. The number of carbonyl (C=O) groups excluding carboxylic acids is 1. The number of amides is 1. The smallest absolute Gasteiger partial charge is 0.260 e. The molecule has 0 aliphatic rings. The van der Waals surface area contributed by atoms with Crippen molar-refractivity contribution in [2.45, 2.75) is 40.3 Å². The largest absolute Gasteiger partial charge is 0.481 e. The van der Waals surface area contributed by atoms with E-state index in [2.05, 4.69) is 47.3 Å². The molecule has 1 rings (SSSR count). The molecule has 1 aromatic rings. The van der Waals surface area contributed by atoms with Gasteiger partial charge in [-0.3, -0.25) is 4.79 Å². The van der Waals surface area contributed by atoms with Crippen molar-refractivity contribution in [3.8, 4) is 5.75 Å². The number of nitrogens with one attached hydrogen (secondary N) is 2. The van der Waals surface area contributed by atoms with Crippen LogP contribution in [0.3, 0.4) is 0 Å². The average molecular weight is 357 g/mol. The topological polar surface area (TPSA) is 50.4 Å². The van der Waals surface area contributed by atoms with Crippen molar-refractivity contribution in [2.75, 3.05) is 13.1 Å². The zero-order valence-electron chi connectivity index (χ0n) is 13.2. The molecule has 0 saturated heterocycles. The summed E-state index contributed by atoms with van der Waals surface area (Å²) in [7, 11) is 0. The van der Waals surface area contributed by atoms with Crippen molar-refractivity contribution in [3.63, 3.8) is 0 Å². The number of halogens is 1. The van der Waals surface area contributed by atoms with Gasteiger partial charge >= 0.3 is 0 Å². The molecule has 0 saturated carbocycles. The van der Waals surface area contributed by atoms with Crippen LogP contribution < -0.4 is 15.4 Å². The molecule has 118 valence electrons. The molecule has 0 aromatic heterocycles. The molecule has 21 heavy (non-hydrogen) atoms. The van der Waals surface area contributed by atoms with Crippen LogP contribution in [0.4, 0.5) is 0 Å². The van der Waals surface area contributed by atoms with Crippen LogP contribution in [0.2, 0.25) is 0 Å². The van der Waals surface area contributed by atoms with Gasteiger partial charge in [0.05, 0.1) is 0 Å². The minimum Gasteiger partial charge on any atom is -0.481 e. The monoisotopic (exact) mass is 356 g/mol. The van der Waals surface area contributed by atoms with E-state index in [4.69, 9.17) is 4.74 Å². The van der Waals surface area contributed by atoms with Gasteiger partial charge in [-0.15, -0.1) is 0 Å². The van der Waals surface area contributed by atoms with Crippen LogP contribution in [-0.2, 0) is 11.3 Å². The van der Waals surface area contributed by atoms with Crippen molar-refractivity contribution in [2.24, 2.45) is 5.92 Å². The van der Waals surface area contributed by atoms with Crippen molar-refractivity contribution in [1.29, 1.82) is 0 Å². The Morgan fingerprint density at radius 1 is 1.33 bits per heavy atom. The number of hydrogen-bond donors (Lipinski definition) is 2. The first-order valence-corrected chi connectivity index (χ1v) is 8.16. The van der Waals surface area contributed by atoms with E-state index >= 15 is 0 Å². The molecule has 0 bridgehead atoms. The number of ether oxygens (including phenoxy) is 1. The summed E-state index contributed by atoms with van der Waals surface area (Å²) in [5, 5.41) is 6.16. The van der Waals surface area contributed by atoms with Gasteiger partial charge in [0.2, 0.25) is 0 Å². The molecule has 4 nitrogen and oxygen atoms in total. The second kappa shape index (κ2) is 9.05. The van der Waals surface area contributed by atoms with Crippen LogP contribution >= 0.6 is 15.9 Å². The second-order valence-electron chi connectivity index (χ2n) is 5.43. The van der Waals surface area contributed by atoms with Gasteiger partial charge in [-0.1, -0.05) is 36.7 Å². The molecular formula is C16H25BrN2O2. The third-order valence-electron chi connectivity index (χ3n) is 2.95. The fraction of sp³-hybridized carbons (Fsp3) is 0.562. The minimum absolute atomic E-state index is 0.0824. The number of benzene rings is 1. The molecule has 0 spiro atoms. The summed E-state index contributed by atoms with van der Waals surface area (Å²) in [4.78, 5) is 12.0. The molecule has 2 N–H and O–H groups in total. The Hall–Kier alpha value is -1.07. The van der Waals surface area contributed by atoms with E-state index in [-0.39, 0.29) is 5.91 Å². The molecule has 0 radical (unpaired) electrons. The molecule has 0 aliphatic heterocycles. The number of hydrogen-bond acceptors (Lipinski definition) is 3. The summed E-state index contributed by atoms with van der Waals surface area (Å²) in [6.07, 6.45) is -0.509. The molecule has 0 fully saturated rings. The van der Waals surface area contributed by atoms with E-state index in [1.54, 1.807) is 6.92 Å². The van der Waals surface area contributed by atoms with E-state index < -0.39 is 6.10 Å². The standard InChI is InChI=1S/C16H25BrN2O2/c1-5-18-10-13-8-14(17)6-7-15(13)21-12(4)16(20)19-9-11(2)3/h6-8,11-12,18H,5,9-10H2,1-4H3,(H,19,20). The van der Waals surface area contributed by atoms with Gasteiger partial charge in [-0.2, -0.15) is 0 Å². The lowest BCUT2D eigenvalue weighted by molar-refractivity contribution is -0.127. The molecule has 1 amide bonds. The zero-order valence-corrected chi connectivity index (χ0v) is 14.8. The summed E-state index contributed by atoms with van der Waals surface area (Å²) in [5.41, 5.74) is 1.04. The number of carbonyl (C=O) groups is 1. The van der Waals surface area contributed by atoms with Gasteiger partial charge < -0.3 is 15.4 Å². The highest BCUT2D eigenvalue weighted by molar-refractivity contribution is 9.10. The van der Waals surface area contributed by atoms with Crippen molar-refractivity contribution in [3.05, 3.63) is 28.2 Å². The summed E-state index contributed by atoms with van der Waals surface area (Å²) in [5.74, 6) is 1.09. The Morgan fingerprint density at radius 2 is 2.05 bits per heavy atom. The molecule has 1 atom stereocenters. The fourth-order valence-corrected chi connectivity index (χ4v) is 2.16. The Kier molecular flexibility index (Phi) is 7.75. The summed E-state index contributed by atoms with van der Waals surface area (Å²) >= 11 is 3.46. The van der Waals surface area contributed by atoms with Crippen LogP contribution in [0, 0.1) is 5.92 Å². The van der Waals surface area contributed by atoms with Crippen molar-refractivity contribution in [1.82, 2.24) is 10.6 Å². The lowest BCUT2D eigenvalue weighted by atomic mass is 10.2. The van der Waals surface area contributed by atoms with E-state index in [0.717, 1.165) is 22.3 Å². The molecular weight excluding hydrogens is 332 g/mol. The highest BCUT2D eigenvalue weighted by Gasteiger charge is 2.16. The quantitative estimate of drug-likeness (QED) is 0.752. The van der Waals surface area contributed by atoms with Crippen molar-refractivity contribution >= 4 is 21.8 Å². The Balaban J connectivity index is 2.70. The van der Waals surface area contributed by atoms with Gasteiger partial charge in [0.15, 0.2) is 6.10 Å². The lowest BCUT2D eigenvalue weighted by Crippen LogP contribution is -2.38. The maximum absolute atomic E-state index is 12.0. The Labute approximate surface area is 135 Å². The molecule has 0 aliphatic carbocycles. The third-order valence-corrected chi connectivity index (χ3v) is 3.44. The van der Waals surface area contributed by atoms with Gasteiger partial charge in [0.1, 0.15) is 5.75 Å². The summed E-state index contributed by atoms with van der Waals surface area (Å²) < 4.78 is 6.82. The SMILES string of the molecule is CCNCc1cc(Br)ccc1OC(C)C(=O)NCC(C)C. The summed E-state index contributed by atoms with van der Waals surface area (Å²) in [6, 6.07) is 5.82. The van der Waals surface area contributed by atoms with Crippen LogP contribution in [0.5, 0.6) is 5.75 Å². The molecule has 5 heteroatoms. The highest BCUT2D eigenvalue weighted by atomic mass is 79.9. The van der Waals surface area contributed by atoms with Crippen LogP contribution in [-0.4, -0.2) is 25.1 Å². The van der Waals surface area contributed by atoms with Gasteiger partial charge in [0.25, 0.3) is 5.91 Å². The van der Waals surface area contributed by atoms with Crippen LogP contribution in [0.1, 0.15) is 33.3 Å². The van der Waals surface area contributed by atoms with Gasteiger partial charge in [-0.25, -0.2) is 0 Å². The van der Waals surface area contributed by atoms with Gasteiger partial charge in [0, 0.05) is 23.1 Å². The van der Waals surface area contributed by atoms with E-state index in [1.807, 2.05) is 18.2 Å². The average Bonchev–Trinajstić information content (AvgIpc) is 2.44. The second-order valence-corrected chi connectivity index (χ2v) is 6.35. The Morgan fingerprint density at radius 3 is 2.67 bits per heavy atom. The normalized spacial score (nSPS) is 12.3. The van der Waals surface area contributed by atoms with E-state index in [0.29, 0.717) is 19.0 Å². The summed E-state index contributed by atoms with van der Waals surface area (Å²) in [6.45, 7) is 10.2. The number of rotatable bonds is 8.